The molecule has 0 saturated heterocycles. The summed E-state index contributed by atoms with van der Waals surface area (Å²) in [5.74, 6) is 0. The van der Waals surface area contributed by atoms with Crippen LogP contribution in [0.2, 0.25) is 6.32 Å². The third-order valence-corrected chi connectivity index (χ3v) is 0.478. The number of hydrogen-bond acceptors (Lipinski definition) is 2. The van der Waals surface area contributed by atoms with Crippen LogP contribution < -0.4 is 4.63 Å². The van der Waals surface area contributed by atoms with Crippen molar-refractivity contribution in [2.75, 3.05) is 0 Å². The van der Waals surface area contributed by atoms with Crippen molar-refractivity contribution in [3.63, 3.8) is 0 Å². The Balaban J connectivity index is 2.19. The van der Waals surface area contributed by atoms with Gasteiger partial charge in [-0.25, -0.2) is 0 Å². The van der Waals surface area contributed by atoms with Gasteiger partial charge in [0.05, 0.1) is 0 Å². The van der Waals surface area contributed by atoms with Gasteiger partial charge in [0.1, 0.15) is 0 Å². The van der Waals surface area contributed by atoms with E-state index in [0.29, 0.717) is 0 Å². The number of thiol groups is 1. The van der Waals surface area contributed by atoms with Crippen LogP contribution in [0.3, 0.4) is 0 Å². The maximum absolute atomic E-state index is 3.70. The fraction of sp³-hybridized carbons (Fsp3) is 1.00. The third kappa shape index (κ3) is 4.37. The van der Waals surface area contributed by atoms with E-state index < -0.39 is 0 Å². The van der Waals surface area contributed by atoms with E-state index in [2.05, 4.69) is 17.4 Å². The van der Waals surface area contributed by atoms with Crippen LogP contribution in [0.5, 0.6) is 0 Å². The molecule has 0 aromatic heterocycles. The van der Waals surface area contributed by atoms with Gasteiger partial charge in [0, 0.05) is 0 Å². The molecule has 0 aliphatic carbocycles. The van der Waals surface area contributed by atoms with E-state index in [1.54, 1.807) is 0 Å². The number of hydrogen-bond donors (Lipinski definition) is 2. The molecule has 0 heterocycles. The second-order valence-electron chi connectivity index (χ2n) is 0.741. The molecule has 0 rings (SSSR count). The summed E-state index contributed by atoms with van der Waals surface area (Å²) in [6, 6.07) is 0. The monoisotopic (exact) mass is 88.0 g/mol. The van der Waals surface area contributed by atoms with Crippen molar-refractivity contribution in [2.45, 2.75) is 13.2 Å². The Morgan fingerprint density at radius 2 is 2.60 bits per heavy atom. The highest BCUT2D eigenvalue weighted by Crippen LogP contribution is 1.65. The summed E-state index contributed by atoms with van der Waals surface area (Å²) >= 11 is 3.70. The first-order valence-corrected chi connectivity index (χ1v) is 2.07. The molecule has 0 aliphatic rings. The fourth-order valence-electron chi connectivity index (χ4n) is 0.0913. The minimum absolute atomic E-state index is 1.03. The summed E-state index contributed by atoms with van der Waals surface area (Å²) < 4.78 is 2.59. The largest absolute Gasteiger partial charge is 0.311 e. The Bertz CT molecular complexity index is 17.1. The number of nitrogens with one attached hydrogen (secondary N) is 1. The lowest BCUT2D eigenvalue weighted by Gasteiger charge is -1.79. The van der Waals surface area contributed by atoms with Gasteiger partial charge in [-0.3, -0.25) is 0 Å². The smallest absolute Gasteiger partial charge is 0.218 e. The van der Waals surface area contributed by atoms with E-state index in [9.17, 15) is 0 Å². The Hall–Kier alpha value is 0.375. The molecule has 0 aromatic rings. The Kier molecular flexibility index (Phi) is 4.70. The van der Waals surface area contributed by atoms with Crippen LogP contribution in [0.15, 0.2) is 0 Å². The summed E-state index contributed by atoms with van der Waals surface area (Å²) in [7, 11) is 1.86. The molecule has 0 fully saturated rings. The average Bonchev–Trinajstić information content (AvgIpc) is 1.41. The molecule has 5 heavy (non-hydrogen) atoms. The fourth-order valence-corrected chi connectivity index (χ4v) is 0.274. The summed E-state index contributed by atoms with van der Waals surface area (Å²) in [5.41, 5.74) is 0. The highest BCUT2D eigenvalue weighted by atomic mass is 32.1. The molecular weight excluding hydrogens is 80.9 g/mol. The first-order valence-electron chi connectivity index (χ1n) is 1.63. The van der Waals surface area contributed by atoms with Gasteiger partial charge in [-0.05, 0) is 0 Å². The molecule has 1 nitrogen and oxygen atoms in total. The van der Waals surface area contributed by atoms with Gasteiger partial charge in [0.25, 0.3) is 0 Å². The van der Waals surface area contributed by atoms with Crippen LogP contribution in [-0.4, -0.2) is 7.41 Å². The zero-order valence-corrected chi connectivity index (χ0v) is 4.13. The second-order valence-corrected chi connectivity index (χ2v) is 1.000. The second kappa shape index (κ2) is 4.37. The van der Waals surface area contributed by atoms with Crippen molar-refractivity contribution < 1.29 is 0 Å². The first-order chi connectivity index (χ1) is 2.41. The lowest BCUT2D eigenvalue weighted by molar-refractivity contribution is 1.41. The molecule has 0 bridgehead atoms. The normalized spacial score (nSPS) is 7.60. The minimum Gasteiger partial charge on any atom is -0.311 e. The maximum Gasteiger partial charge on any atom is 0.218 e. The van der Waals surface area contributed by atoms with E-state index in [4.69, 9.17) is 0 Å². The van der Waals surface area contributed by atoms with E-state index in [1.165, 1.54) is 0 Å². The van der Waals surface area contributed by atoms with Gasteiger partial charge in [-0.15, -0.1) is 12.8 Å². The Morgan fingerprint density at radius 1 is 2.00 bits per heavy atom. The molecule has 0 aliphatic heterocycles. The standard InChI is InChI=1S/C2H7BNS/c1-2-3-4-5/h4-5H,2H2,1H3. The van der Waals surface area contributed by atoms with Gasteiger partial charge in [0.15, 0.2) is 0 Å². The molecule has 1 N–H and O–H groups in total. The molecule has 29 valence electrons. The SMILES string of the molecule is CC[B]NS. The van der Waals surface area contributed by atoms with Gasteiger partial charge in [-0.1, -0.05) is 13.2 Å². The highest BCUT2D eigenvalue weighted by Gasteiger charge is 1.72. The zero-order chi connectivity index (χ0) is 4.12. The topological polar surface area (TPSA) is 12.0 Å². The van der Waals surface area contributed by atoms with Crippen molar-refractivity contribution in [3.05, 3.63) is 0 Å². The molecule has 0 spiro atoms. The van der Waals surface area contributed by atoms with Crippen molar-refractivity contribution in [2.24, 2.45) is 0 Å². The van der Waals surface area contributed by atoms with Crippen LogP contribution in [0.4, 0.5) is 0 Å². The Morgan fingerprint density at radius 3 is 2.60 bits per heavy atom. The van der Waals surface area contributed by atoms with Gasteiger partial charge >= 0.3 is 0 Å². The third-order valence-electron chi connectivity index (χ3n) is 0.295. The number of rotatable bonds is 2. The van der Waals surface area contributed by atoms with Gasteiger partial charge in [-0.2, -0.15) is 0 Å². The van der Waals surface area contributed by atoms with Gasteiger partial charge < -0.3 is 4.63 Å². The van der Waals surface area contributed by atoms with Crippen molar-refractivity contribution in [1.29, 1.82) is 0 Å². The average molecular weight is 88.0 g/mol. The maximum atomic E-state index is 3.70. The van der Waals surface area contributed by atoms with Crippen molar-refractivity contribution in [1.82, 2.24) is 4.63 Å². The van der Waals surface area contributed by atoms with Crippen molar-refractivity contribution >= 4 is 20.2 Å². The van der Waals surface area contributed by atoms with E-state index in [-0.39, 0.29) is 0 Å². The summed E-state index contributed by atoms with van der Waals surface area (Å²) in [5, 5.41) is 0. The molecule has 0 atom stereocenters. The van der Waals surface area contributed by atoms with Crippen LogP contribution in [-0.2, 0) is 0 Å². The molecular formula is C2H7BNS. The Labute approximate surface area is 39.0 Å². The molecule has 0 unspecified atom stereocenters. The first kappa shape index (κ1) is 5.37. The summed E-state index contributed by atoms with van der Waals surface area (Å²) in [6.07, 6.45) is 1.03. The lowest BCUT2D eigenvalue weighted by atomic mass is 9.94. The molecule has 3 heteroatoms. The van der Waals surface area contributed by atoms with E-state index >= 15 is 0 Å². The highest BCUT2D eigenvalue weighted by molar-refractivity contribution is 7.79. The van der Waals surface area contributed by atoms with Crippen LogP contribution in [0, 0.1) is 0 Å². The zero-order valence-electron chi connectivity index (χ0n) is 3.23. The predicted molar refractivity (Wildman–Crippen MR) is 28.4 cm³/mol. The van der Waals surface area contributed by atoms with E-state index in [0.717, 1.165) is 6.32 Å². The van der Waals surface area contributed by atoms with Crippen molar-refractivity contribution in [3.8, 4) is 0 Å². The molecule has 0 aromatic carbocycles. The molecule has 0 amide bonds. The minimum atomic E-state index is 1.03. The predicted octanol–water partition coefficient (Wildman–Crippen LogP) is 0.478. The lowest BCUT2D eigenvalue weighted by Crippen LogP contribution is -2.02. The van der Waals surface area contributed by atoms with Crippen LogP contribution in [0.1, 0.15) is 6.92 Å². The molecule has 0 saturated carbocycles. The summed E-state index contributed by atoms with van der Waals surface area (Å²) in [6.45, 7) is 2.04. The van der Waals surface area contributed by atoms with Gasteiger partial charge in [0.2, 0.25) is 7.41 Å². The summed E-state index contributed by atoms with van der Waals surface area (Å²) in [4.78, 5) is 0. The quantitative estimate of drug-likeness (QED) is 0.369. The van der Waals surface area contributed by atoms with E-state index in [1.807, 2.05) is 14.3 Å². The van der Waals surface area contributed by atoms with Crippen LogP contribution in [0.25, 0.3) is 0 Å². The van der Waals surface area contributed by atoms with Crippen LogP contribution >= 0.6 is 12.8 Å². The molecule has 1 radical (unpaired) electrons.